The van der Waals surface area contributed by atoms with Gasteiger partial charge in [0.05, 0.1) is 5.56 Å². The molecule has 1 amide bonds. The minimum absolute atomic E-state index is 0.0156. The van der Waals surface area contributed by atoms with Crippen molar-refractivity contribution in [1.29, 1.82) is 0 Å². The highest BCUT2D eigenvalue weighted by molar-refractivity contribution is 9.10. The lowest BCUT2D eigenvalue weighted by Crippen LogP contribution is -2.39. The van der Waals surface area contributed by atoms with Gasteiger partial charge in [0, 0.05) is 32.3 Å². The molecule has 1 aliphatic rings. The van der Waals surface area contributed by atoms with Crippen LogP contribution in [-0.4, -0.2) is 43.6 Å². The number of piperidine rings is 1. The summed E-state index contributed by atoms with van der Waals surface area (Å²) in [5.74, 6) is 1.20. The Labute approximate surface area is 131 Å². The number of nitrogens with zero attached hydrogens (tertiary/aromatic N) is 5. The lowest BCUT2D eigenvalue weighted by atomic mass is 9.96. The van der Waals surface area contributed by atoms with Crippen molar-refractivity contribution in [2.75, 3.05) is 13.1 Å². The summed E-state index contributed by atoms with van der Waals surface area (Å²) in [6, 6.07) is 3.58. The van der Waals surface area contributed by atoms with Gasteiger partial charge in [0.2, 0.25) is 0 Å². The lowest BCUT2D eigenvalue weighted by Gasteiger charge is -2.32. The van der Waals surface area contributed by atoms with Gasteiger partial charge in [0.15, 0.2) is 0 Å². The van der Waals surface area contributed by atoms with Gasteiger partial charge >= 0.3 is 0 Å². The summed E-state index contributed by atoms with van der Waals surface area (Å²) in [4.78, 5) is 18.6. The monoisotopic (exact) mass is 349 g/mol. The molecule has 0 aliphatic carbocycles. The Balaban J connectivity index is 1.79. The van der Waals surface area contributed by atoms with Gasteiger partial charge in [-0.05, 0) is 40.9 Å². The highest BCUT2D eigenvalue weighted by atomic mass is 79.9. The molecule has 3 heterocycles. The van der Waals surface area contributed by atoms with E-state index in [0.717, 1.165) is 25.2 Å². The van der Waals surface area contributed by atoms with Crippen molar-refractivity contribution >= 4 is 21.8 Å². The molecular weight excluding hydrogens is 334 g/mol. The van der Waals surface area contributed by atoms with Crippen LogP contribution in [0.1, 0.15) is 34.9 Å². The zero-order valence-electron chi connectivity index (χ0n) is 11.7. The molecule has 0 N–H and O–H groups in total. The number of aryl methyl sites for hydroxylation is 1. The fourth-order valence-corrected chi connectivity index (χ4v) is 3.17. The molecule has 1 fully saturated rings. The number of amides is 1. The summed E-state index contributed by atoms with van der Waals surface area (Å²) in [6.45, 7) is 1.45. The van der Waals surface area contributed by atoms with Gasteiger partial charge in [-0.3, -0.25) is 4.79 Å². The maximum Gasteiger partial charge on any atom is 0.256 e. The van der Waals surface area contributed by atoms with Gasteiger partial charge in [-0.25, -0.2) is 4.98 Å². The first kappa shape index (κ1) is 14.2. The smallest absolute Gasteiger partial charge is 0.256 e. The number of pyridine rings is 1. The second-order valence-electron chi connectivity index (χ2n) is 5.23. The average molecular weight is 350 g/mol. The van der Waals surface area contributed by atoms with Crippen molar-refractivity contribution in [3.63, 3.8) is 0 Å². The van der Waals surface area contributed by atoms with E-state index in [4.69, 9.17) is 0 Å². The molecule has 21 heavy (non-hydrogen) atoms. The van der Waals surface area contributed by atoms with Crippen LogP contribution in [0, 0.1) is 0 Å². The summed E-state index contributed by atoms with van der Waals surface area (Å²) in [5.41, 5.74) is 0.608. The maximum atomic E-state index is 12.6. The summed E-state index contributed by atoms with van der Waals surface area (Å²) in [6.07, 6.45) is 5.37. The summed E-state index contributed by atoms with van der Waals surface area (Å²) in [7, 11) is 1.94. The summed E-state index contributed by atoms with van der Waals surface area (Å²) in [5, 5.41) is 8.11. The van der Waals surface area contributed by atoms with Crippen LogP contribution in [0.15, 0.2) is 29.3 Å². The van der Waals surface area contributed by atoms with Crippen LogP contribution in [0.3, 0.4) is 0 Å². The molecule has 0 saturated carbocycles. The van der Waals surface area contributed by atoms with Gasteiger partial charge in [0.1, 0.15) is 16.8 Å². The zero-order chi connectivity index (χ0) is 14.8. The molecule has 1 atom stereocenters. The molecule has 7 heteroatoms. The van der Waals surface area contributed by atoms with E-state index in [2.05, 4.69) is 31.1 Å². The van der Waals surface area contributed by atoms with E-state index in [1.54, 1.807) is 24.7 Å². The second kappa shape index (κ2) is 5.93. The molecule has 0 aromatic carbocycles. The van der Waals surface area contributed by atoms with Crippen molar-refractivity contribution in [2.45, 2.75) is 18.8 Å². The number of likely N-dealkylation sites (tertiary alicyclic amines) is 1. The van der Waals surface area contributed by atoms with E-state index in [1.165, 1.54) is 0 Å². The molecule has 1 aliphatic heterocycles. The number of aromatic nitrogens is 4. The van der Waals surface area contributed by atoms with Crippen molar-refractivity contribution in [3.05, 3.63) is 40.6 Å². The predicted molar refractivity (Wildman–Crippen MR) is 80.8 cm³/mol. The van der Waals surface area contributed by atoms with Crippen LogP contribution in [-0.2, 0) is 7.05 Å². The van der Waals surface area contributed by atoms with Gasteiger partial charge < -0.3 is 9.47 Å². The van der Waals surface area contributed by atoms with Crippen molar-refractivity contribution < 1.29 is 4.79 Å². The number of rotatable bonds is 2. The summed E-state index contributed by atoms with van der Waals surface area (Å²) < 4.78 is 2.52. The molecule has 1 unspecified atom stereocenters. The molecule has 0 bridgehead atoms. The van der Waals surface area contributed by atoms with Crippen LogP contribution >= 0.6 is 15.9 Å². The maximum absolute atomic E-state index is 12.6. The quantitative estimate of drug-likeness (QED) is 0.777. The topological polar surface area (TPSA) is 63.9 Å². The first-order valence-electron chi connectivity index (χ1n) is 6.90. The van der Waals surface area contributed by atoms with E-state index in [9.17, 15) is 4.79 Å². The third-order valence-electron chi connectivity index (χ3n) is 3.81. The van der Waals surface area contributed by atoms with E-state index < -0.39 is 0 Å². The molecule has 2 aromatic rings. The van der Waals surface area contributed by atoms with Crippen molar-refractivity contribution in [2.24, 2.45) is 7.05 Å². The van der Waals surface area contributed by atoms with Gasteiger partial charge in [-0.2, -0.15) is 0 Å². The number of halogens is 1. The Morgan fingerprint density at radius 1 is 1.48 bits per heavy atom. The third kappa shape index (κ3) is 2.83. The number of hydrogen-bond donors (Lipinski definition) is 0. The first-order chi connectivity index (χ1) is 10.2. The molecule has 6 nitrogen and oxygen atoms in total. The molecule has 2 aromatic heterocycles. The van der Waals surface area contributed by atoms with E-state index in [0.29, 0.717) is 16.7 Å². The Bertz CT molecular complexity index is 656. The van der Waals surface area contributed by atoms with Crippen LogP contribution in [0.4, 0.5) is 0 Å². The Morgan fingerprint density at radius 2 is 2.33 bits per heavy atom. The second-order valence-corrected chi connectivity index (χ2v) is 5.98. The normalized spacial score (nSPS) is 18.8. The summed E-state index contributed by atoms with van der Waals surface area (Å²) >= 11 is 3.34. The molecular formula is C14H16BrN5O. The molecule has 0 spiro atoms. The highest BCUT2D eigenvalue weighted by Crippen LogP contribution is 2.27. The average Bonchev–Trinajstić information content (AvgIpc) is 2.93. The van der Waals surface area contributed by atoms with Gasteiger partial charge in [0.25, 0.3) is 5.91 Å². The van der Waals surface area contributed by atoms with E-state index in [-0.39, 0.29) is 11.8 Å². The van der Waals surface area contributed by atoms with Crippen LogP contribution in [0.5, 0.6) is 0 Å². The van der Waals surface area contributed by atoms with Crippen LogP contribution in [0.2, 0.25) is 0 Å². The van der Waals surface area contributed by atoms with Crippen molar-refractivity contribution in [3.8, 4) is 0 Å². The minimum atomic E-state index is 0.0156. The fourth-order valence-electron chi connectivity index (χ4n) is 2.75. The third-order valence-corrected chi connectivity index (χ3v) is 4.44. The predicted octanol–water partition coefficient (Wildman–Crippen LogP) is 1.99. The van der Waals surface area contributed by atoms with Crippen LogP contribution < -0.4 is 0 Å². The van der Waals surface area contributed by atoms with Gasteiger partial charge in [-0.1, -0.05) is 0 Å². The molecule has 0 radical (unpaired) electrons. The Hall–Kier alpha value is -1.76. The lowest BCUT2D eigenvalue weighted by molar-refractivity contribution is 0.0702. The first-order valence-corrected chi connectivity index (χ1v) is 7.70. The standard InChI is InChI=1S/C14H16BrN5O/c1-19-9-17-18-13(19)10-4-3-7-20(8-10)14(21)11-5-2-6-16-12(11)15/h2,5-6,9-10H,3-4,7-8H2,1H3. The number of carbonyl (C=O) groups is 1. The number of hydrogen-bond acceptors (Lipinski definition) is 4. The zero-order valence-corrected chi connectivity index (χ0v) is 13.3. The SMILES string of the molecule is Cn1cnnc1C1CCCN(C(=O)c2cccnc2Br)C1. The Morgan fingerprint density at radius 3 is 3.05 bits per heavy atom. The minimum Gasteiger partial charge on any atom is -0.338 e. The van der Waals surface area contributed by atoms with Gasteiger partial charge in [-0.15, -0.1) is 10.2 Å². The fraction of sp³-hybridized carbons (Fsp3) is 0.429. The molecule has 3 rings (SSSR count). The van der Waals surface area contributed by atoms with Crippen molar-refractivity contribution in [1.82, 2.24) is 24.6 Å². The molecule has 1 saturated heterocycles. The van der Waals surface area contributed by atoms with Crippen LogP contribution in [0.25, 0.3) is 0 Å². The number of carbonyl (C=O) groups excluding carboxylic acids is 1. The Kier molecular flexibility index (Phi) is 4.01. The molecule has 110 valence electrons. The van der Waals surface area contributed by atoms with E-state index in [1.807, 2.05) is 16.5 Å². The largest absolute Gasteiger partial charge is 0.338 e. The highest BCUT2D eigenvalue weighted by Gasteiger charge is 2.28. The van der Waals surface area contributed by atoms with E-state index >= 15 is 0 Å².